The lowest BCUT2D eigenvalue weighted by Gasteiger charge is -2.24. The van der Waals surface area contributed by atoms with E-state index in [1.807, 2.05) is 21.1 Å². The Kier molecular flexibility index (Phi) is 7.42. The first-order valence-corrected chi connectivity index (χ1v) is 10.2. The second-order valence-electron chi connectivity index (χ2n) is 7.52. The number of likely N-dealkylation sites (tertiary alicyclic amines) is 1. The molecule has 2 aromatic rings. The third-order valence-corrected chi connectivity index (χ3v) is 5.41. The fourth-order valence-electron chi connectivity index (χ4n) is 3.73. The van der Waals surface area contributed by atoms with Crippen LogP contribution in [0.4, 0.5) is 0 Å². The number of nitrogens with one attached hydrogen (secondary N) is 1. The number of hydrogen-bond acceptors (Lipinski definition) is 4. The summed E-state index contributed by atoms with van der Waals surface area (Å²) in [5, 5.41) is 7.64. The Morgan fingerprint density at radius 2 is 1.86 bits per heavy atom. The standard InChI is InChI=1S/C21H33N7/c1-22-21(26(2)16-20-24-17-25-27(20)3)23-14-18-10-6-7-11-19(18)15-28-12-8-4-5-9-13-28/h6-7,10-11,17H,4-5,8-9,12-16H2,1-3H3,(H,22,23). The first kappa shape index (κ1) is 20.3. The lowest BCUT2D eigenvalue weighted by atomic mass is 10.1. The van der Waals surface area contributed by atoms with Crippen LogP contribution in [0.5, 0.6) is 0 Å². The predicted molar refractivity (Wildman–Crippen MR) is 113 cm³/mol. The van der Waals surface area contributed by atoms with Crippen molar-refractivity contribution in [1.29, 1.82) is 0 Å². The van der Waals surface area contributed by atoms with Crippen LogP contribution in [-0.4, -0.2) is 57.7 Å². The van der Waals surface area contributed by atoms with E-state index in [9.17, 15) is 0 Å². The summed E-state index contributed by atoms with van der Waals surface area (Å²) in [6.45, 7) is 4.88. The van der Waals surface area contributed by atoms with Crippen LogP contribution in [0, 0.1) is 0 Å². The van der Waals surface area contributed by atoms with Crippen LogP contribution < -0.4 is 5.32 Å². The molecule has 1 aliphatic heterocycles. The van der Waals surface area contributed by atoms with E-state index in [2.05, 4.69) is 54.5 Å². The highest BCUT2D eigenvalue weighted by Gasteiger charge is 2.13. The normalized spacial score (nSPS) is 16.0. The third-order valence-electron chi connectivity index (χ3n) is 5.41. The quantitative estimate of drug-likeness (QED) is 0.613. The van der Waals surface area contributed by atoms with Gasteiger partial charge in [-0.2, -0.15) is 5.10 Å². The third kappa shape index (κ3) is 5.55. The SMILES string of the molecule is CN=C(NCc1ccccc1CN1CCCCCC1)N(C)Cc1ncnn1C. The molecule has 28 heavy (non-hydrogen) atoms. The van der Waals surface area contributed by atoms with Crippen molar-refractivity contribution in [3.63, 3.8) is 0 Å². The van der Waals surface area contributed by atoms with Crippen molar-refractivity contribution in [2.24, 2.45) is 12.0 Å². The van der Waals surface area contributed by atoms with Crippen molar-refractivity contribution >= 4 is 5.96 Å². The van der Waals surface area contributed by atoms with Gasteiger partial charge in [0, 0.05) is 34.2 Å². The van der Waals surface area contributed by atoms with Gasteiger partial charge in [-0.15, -0.1) is 0 Å². The molecule has 0 aliphatic carbocycles. The Labute approximate surface area is 168 Å². The summed E-state index contributed by atoms with van der Waals surface area (Å²) in [7, 11) is 5.75. The lowest BCUT2D eigenvalue weighted by molar-refractivity contribution is 0.276. The predicted octanol–water partition coefficient (Wildman–Crippen LogP) is 2.40. The summed E-state index contributed by atoms with van der Waals surface area (Å²) in [6.07, 6.45) is 6.96. The van der Waals surface area contributed by atoms with Crippen LogP contribution in [0.3, 0.4) is 0 Å². The lowest BCUT2D eigenvalue weighted by Crippen LogP contribution is -2.38. The largest absolute Gasteiger partial charge is 0.352 e. The molecule has 0 bridgehead atoms. The van der Waals surface area contributed by atoms with E-state index in [4.69, 9.17) is 0 Å². The molecule has 152 valence electrons. The van der Waals surface area contributed by atoms with Gasteiger partial charge < -0.3 is 10.2 Å². The molecule has 0 atom stereocenters. The van der Waals surface area contributed by atoms with E-state index >= 15 is 0 Å². The molecule has 1 saturated heterocycles. The van der Waals surface area contributed by atoms with E-state index in [1.54, 1.807) is 11.0 Å². The zero-order chi connectivity index (χ0) is 19.8. The van der Waals surface area contributed by atoms with Gasteiger partial charge in [0.15, 0.2) is 5.96 Å². The highest BCUT2D eigenvalue weighted by atomic mass is 15.4. The van der Waals surface area contributed by atoms with Gasteiger partial charge in [0.05, 0.1) is 6.54 Å². The Hall–Kier alpha value is -2.41. The minimum atomic E-state index is 0.658. The highest BCUT2D eigenvalue weighted by Crippen LogP contribution is 2.16. The molecular formula is C21H33N7. The molecule has 7 heteroatoms. The van der Waals surface area contributed by atoms with E-state index in [0.717, 1.165) is 24.9 Å². The molecule has 1 fully saturated rings. The fraction of sp³-hybridized carbons (Fsp3) is 0.571. The van der Waals surface area contributed by atoms with Crippen molar-refractivity contribution in [1.82, 2.24) is 29.9 Å². The molecule has 3 rings (SSSR count). The summed E-state index contributed by atoms with van der Waals surface area (Å²) in [4.78, 5) is 13.4. The van der Waals surface area contributed by atoms with Gasteiger partial charge in [0.25, 0.3) is 0 Å². The minimum Gasteiger partial charge on any atom is -0.352 e. The zero-order valence-electron chi connectivity index (χ0n) is 17.4. The molecule has 2 heterocycles. The summed E-state index contributed by atoms with van der Waals surface area (Å²) < 4.78 is 1.79. The monoisotopic (exact) mass is 383 g/mol. The molecule has 1 aromatic heterocycles. The van der Waals surface area contributed by atoms with Crippen molar-refractivity contribution in [2.75, 3.05) is 27.2 Å². The molecule has 0 radical (unpaired) electrons. The average molecular weight is 384 g/mol. The molecule has 0 unspecified atom stereocenters. The first-order chi connectivity index (χ1) is 13.7. The van der Waals surface area contributed by atoms with Crippen LogP contribution in [0.15, 0.2) is 35.6 Å². The smallest absolute Gasteiger partial charge is 0.194 e. The molecule has 0 spiro atoms. The molecule has 1 N–H and O–H groups in total. The number of hydrogen-bond donors (Lipinski definition) is 1. The Morgan fingerprint density at radius 3 is 2.50 bits per heavy atom. The fourth-order valence-corrected chi connectivity index (χ4v) is 3.73. The number of guanidine groups is 1. The maximum absolute atomic E-state index is 4.43. The van der Waals surface area contributed by atoms with Crippen LogP contribution in [0.25, 0.3) is 0 Å². The number of aromatic nitrogens is 3. The van der Waals surface area contributed by atoms with Crippen LogP contribution >= 0.6 is 0 Å². The zero-order valence-corrected chi connectivity index (χ0v) is 17.4. The van der Waals surface area contributed by atoms with E-state index in [1.165, 1.54) is 49.9 Å². The summed E-state index contributed by atoms with van der Waals surface area (Å²) >= 11 is 0. The van der Waals surface area contributed by atoms with Gasteiger partial charge in [-0.25, -0.2) is 4.98 Å². The Balaban J connectivity index is 1.60. The molecule has 1 aromatic carbocycles. The summed E-state index contributed by atoms with van der Waals surface area (Å²) in [6, 6.07) is 8.74. The number of rotatable bonds is 6. The van der Waals surface area contributed by atoms with Gasteiger partial charge in [-0.1, -0.05) is 37.1 Å². The number of benzene rings is 1. The maximum atomic E-state index is 4.43. The molecule has 0 amide bonds. The van der Waals surface area contributed by atoms with E-state index < -0.39 is 0 Å². The number of aryl methyl sites for hydroxylation is 1. The van der Waals surface area contributed by atoms with Crippen molar-refractivity contribution in [3.8, 4) is 0 Å². The molecule has 7 nitrogen and oxygen atoms in total. The van der Waals surface area contributed by atoms with Gasteiger partial charge in [-0.05, 0) is 37.1 Å². The van der Waals surface area contributed by atoms with Crippen molar-refractivity contribution < 1.29 is 0 Å². The minimum absolute atomic E-state index is 0.658. The van der Waals surface area contributed by atoms with Crippen LogP contribution in [0.2, 0.25) is 0 Å². The number of nitrogens with zero attached hydrogens (tertiary/aromatic N) is 6. The topological polar surface area (TPSA) is 61.6 Å². The maximum Gasteiger partial charge on any atom is 0.194 e. The van der Waals surface area contributed by atoms with Gasteiger partial charge in [0.1, 0.15) is 12.2 Å². The van der Waals surface area contributed by atoms with Crippen molar-refractivity contribution in [2.45, 2.75) is 45.3 Å². The van der Waals surface area contributed by atoms with E-state index in [0.29, 0.717) is 6.54 Å². The Bertz CT molecular complexity index is 760. The van der Waals surface area contributed by atoms with Crippen molar-refractivity contribution in [3.05, 3.63) is 47.5 Å². The second-order valence-corrected chi connectivity index (χ2v) is 7.52. The number of aliphatic imine (C=N–C) groups is 1. The first-order valence-electron chi connectivity index (χ1n) is 10.2. The van der Waals surface area contributed by atoms with Crippen LogP contribution in [0.1, 0.15) is 42.6 Å². The summed E-state index contributed by atoms with van der Waals surface area (Å²) in [5.41, 5.74) is 2.74. The molecule has 1 aliphatic rings. The highest BCUT2D eigenvalue weighted by molar-refractivity contribution is 5.79. The summed E-state index contributed by atoms with van der Waals surface area (Å²) in [5.74, 6) is 1.76. The van der Waals surface area contributed by atoms with Crippen LogP contribution in [-0.2, 0) is 26.7 Å². The second kappa shape index (κ2) is 10.2. The average Bonchev–Trinajstić information content (AvgIpc) is 2.93. The molecule has 0 saturated carbocycles. The Morgan fingerprint density at radius 1 is 1.14 bits per heavy atom. The van der Waals surface area contributed by atoms with Gasteiger partial charge >= 0.3 is 0 Å². The van der Waals surface area contributed by atoms with Gasteiger partial charge in [-0.3, -0.25) is 14.6 Å². The van der Waals surface area contributed by atoms with E-state index in [-0.39, 0.29) is 0 Å². The molecular weight excluding hydrogens is 350 g/mol. The van der Waals surface area contributed by atoms with Gasteiger partial charge in [0.2, 0.25) is 0 Å².